The van der Waals surface area contributed by atoms with Gasteiger partial charge in [0.15, 0.2) is 0 Å². The molecule has 1 fully saturated rings. The van der Waals surface area contributed by atoms with Gasteiger partial charge in [-0.3, -0.25) is 33.8 Å². The van der Waals surface area contributed by atoms with Crippen LogP contribution in [0.3, 0.4) is 0 Å². The number of rotatable bonds is 8. The summed E-state index contributed by atoms with van der Waals surface area (Å²) in [5.41, 5.74) is 0.346. The van der Waals surface area contributed by atoms with Crippen LogP contribution in [0.1, 0.15) is 31.7 Å². The fourth-order valence-corrected chi connectivity index (χ4v) is 2.75. The minimum atomic E-state index is -1.08. The van der Waals surface area contributed by atoms with E-state index in [-0.39, 0.29) is 37.6 Å². The van der Waals surface area contributed by atoms with Crippen LogP contribution in [-0.2, 0) is 30.5 Å². The van der Waals surface area contributed by atoms with Gasteiger partial charge in [0.05, 0.1) is 25.3 Å². The lowest BCUT2D eigenvalue weighted by Crippen LogP contribution is -2.49. The Morgan fingerprint density at radius 2 is 1.71 bits per heavy atom. The number of nitrogens with one attached hydrogen (secondary N) is 1. The average Bonchev–Trinajstić information content (AvgIpc) is 2.99. The van der Waals surface area contributed by atoms with E-state index in [9.17, 15) is 28.4 Å². The van der Waals surface area contributed by atoms with E-state index in [0.29, 0.717) is 5.56 Å². The number of aliphatic carboxylic acids is 2. The van der Waals surface area contributed by atoms with Crippen LogP contribution >= 0.6 is 0 Å². The number of carbonyl (C=O) groups is 5. The Morgan fingerprint density at radius 3 is 2.16 bits per heavy atom. The van der Waals surface area contributed by atoms with Crippen molar-refractivity contribution in [3.63, 3.8) is 0 Å². The van der Waals surface area contributed by atoms with Crippen molar-refractivity contribution in [1.29, 1.82) is 0 Å². The van der Waals surface area contributed by atoms with Crippen LogP contribution in [0.4, 0.5) is 4.39 Å². The van der Waals surface area contributed by atoms with Crippen molar-refractivity contribution >= 4 is 29.7 Å². The second kappa shape index (κ2) is 11.7. The molecule has 0 aliphatic carbocycles. The van der Waals surface area contributed by atoms with Crippen LogP contribution in [0.25, 0.3) is 0 Å². The molecule has 0 saturated carbocycles. The maximum Gasteiger partial charge on any atom is 0.303 e. The summed E-state index contributed by atoms with van der Waals surface area (Å²) >= 11 is 0. The van der Waals surface area contributed by atoms with E-state index < -0.39 is 35.7 Å². The molecule has 10 nitrogen and oxygen atoms in total. The quantitative estimate of drug-likeness (QED) is 0.496. The van der Waals surface area contributed by atoms with Gasteiger partial charge < -0.3 is 15.5 Å². The molecule has 1 unspecified atom stereocenters. The number of carboxylic acids is 2. The topological polar surface area (TPSA) is 144 Å². The third-order valence-electron chi connectivity index (χ3n) is 4.51. The molecule has 2 atom stereocenters. The van der Waals surface area contributed by atoms with Gasteiger partial charge in [-0.1, -0.05) is 18.2 Å². The number of carboxylic acid groups (broad SMARTS) is 2. The van der Waals surface area contributed by atoms with Crippen LogP contribution in [0.15, 0.2) is 24.3 Å². The molecule has 3 amide bonds. The van der Waals surface area contributed by atoms with E-state index in [4.69, 9.17) is 10.2 Å². The molecule has 1 heterocycles. The highest BCUT2D eigenvalue weighted by Crippen LogP contribution is 2.19. The smallest absolute Gasteiger partial charge is 0.303 e. The molecule has 0 aromatic heterocycles. The monoisotopic (exact) mass is 439 g/mol. The number of halogens is 1. The number of carbonyl (C=O) groups excluding carboxylic acids is 3. The van der Waals surface area contributed by atoms with Crippen LogP contribution < -0.4 is 5.32 Å². The Labute approximate surface area is 178 Å². The molecule has 31 heavy (non-hydrogen) atoms. The number of likely N-dealkylation sites (N-methyl/N-ethyl adjacent to an activating group) is 1. The first-order valence-corrected chi connectivity index (χ1v) is 9.42. The molecule has 3 N–H and O–H groups in total. The summed E-state index contributed by atoms with van der Waals surface area (Å²) in [6.45, 7) is 1.49. The van der Waals surface area contributed by atoms with Gasteiger partial charge in [-0.25, -0.2) is 4.39 Å². The van der Waals surface area contributed by atoms with Gasteiger partial charge in [-0.15, -0.1) is 0 Å². The molecule has 1 saturated heterocycles. The van der Waals surface area contributed by atoms with Crippen molar-refractivity contribution in [2.45, 2.75) is 44.8 Å². The minimum Gasteiger partial charge on any atom is -0.481 e. The van der Waals surface area contributed by atoms with Gasteiger partial charge in [-0.2, -0.15) is 0 Å². The highest BCUT2D eigenvalue weighted by Gasteiger charge is 2.43. The van der Waals surface area contributed by atoms with Gasteiger partial charge in [0.2, 0.25) is 17.7 Å². The van der Waals surface area contributed by atoms with Gasteiger partial charge in [0, 0.05) is 12.1 Å². The molecular formula is C20H26FN3O7. The van der Waals surface area contributed by atoms with Gasteiger partial charge in [0.1, 0.15) is 11.9 Å². The molecule has 2 rings (SSSR count). The molecule has 0 bridgehead atoms. The summed E-state index contributed by atoms with van der Waals surface area (Å²) < 4.78 is 13.5. The first kappa shape index (κ1) is 25.7. The predicted octanol–water partition coefficient (Wildman–Crippen LogP) is 0.455. The van der Waals surface area contributed by atoms with Crippen LogP contribution in [0.2, 0.25) is 0 Å². The standard InChI is InChI=1S/C16H20FN3O3.C4H6O4/c1-10(20-14(21)8-13(16(20)23)19(2)3)15(22)18-9-11-6-4-5-7-12(11)17;5-3(6)1-2-4(7)8/h4-7,10,13H,8-9H2,1-3H3,(H,18,22);1-2H2,(H,5,6)(H,7,8)/t10-,13?;/m0./s1. The maximum absolute atomic E-state index is 13.5. The highest BCUT2D eigenvalue weighted by atomic mass is 19.1. The van der Waals surface area contributed by atoms with E-state index in [1.165, 1.54) is 13.0 Å². The van der Waals surface area contributed by atoms with E-state index >= 15 is 0 Å². The lowest BCUT2D eigenvalue weighted by atomic mass is 10.2. The number of nitrogens with zero attached hydrogens (tertiary/aromatic N) is 2. The summed E-state index contributed by atoms with van der Waals surface area (Å²) in [7, 11) is 3.42. The Hall–Kier alpha value is -3.34. The van der Waals surface area contributed by atoms with E-state index in [2.05, 4.69) is 5.32 Å². The van der Waals surface area contributed by atoms with Crippen molar-refractivity contribution in [1.82, 2.24) is 15.1 Å². The molecule has 1 aromatic rings. The normalized spacial score (nSPS) is 16.5. The zero-order valence-corrected chi connectivity index (χ0v) is 17.5. The summed E-state index contributed by atoms with van der Waals surface area (Å²) in [6.07, 6.45) is -0.526. The maximum atomic E-state index is 13.5. The number of hydrogen-bond donors (Lipinski definition) is 3. The lowest BCUT2D eigenvalue weighted by Gasteiger charge is -2.23. The van der Waals surface area contributed by atoms with Gasteiger partial charge >= 0.3 is 11.9 Å². The number of amides is 3. The zero-order chi connectivity index (χ0) is 23.7. The lowest BCUT2D eigenvalue weighted by molar-refractivity contribution is -0.147. The Bertz CT molecular complexity index is 830. The van der Waals surface area contributed by atoms with E-state index in [0.717, 1.165) is 4.90 Å². The molecule has 1 aliphatic rings. The summed E-state index contributed by atoms with van der Waals surface area (Å²) in [4.78, 5) is 58.4. The van der Waals surface area contributed by atoms with Crippen LogP contribution in [-0.4, -0.2) is 75.9 Å². The van der Waals surface area contributed by atoms with Gasteiger partial charge in [0.25, 0.3) is 0 Å². The van der Waals surface area contributed by atoms with Crippen molar-refractivity contribution < 1.29 is 38.6 Å². The van der Waals surface area contributed by atoms with E-state index in [1.54, 1.807) is 37.2 Å². The Morgan fingerprint density at radius 1 is 1.16 bits per heavy atom. The van der Waals surface area contributed by atoms with Crippen molar-refractivity contribution in [3.05, 3.63) is 35.6 Å². The van der Waals surface area contributed by atoms with E-state index in [1.807, 2.05) is 0 Å². The largest absolute Gasteiger partial charge is 0.481 e. The molecule has 11 heteroatoms. The fourth-order valence-electron chi connectivity index (χ4n) is 2.75. The van der Waals surface area contributed by atoms with Crippen LogP contribution in [0, 0.1) is 5.82 Å². The first-order chi connectivity index (χ1) is 14.5. The molecule has 0 radical (unpaired) electrons. The SMILES string of the molecule is C[C@@H](C(=O)NCc1ccccc1F)N1C(=O)CC(N(C)C)C1=O.O=C(O)CCC(=O)O. The average molecular weight is 439 g/mol. The van der Waals surface area contributed by atoms with Gasteiger partial charge in [-0.05, 0) is 27.1 Å². The first-order valence-electron chi connectivity index (χ1n) is 9.42. The molecule has 0 spiro atoms. The Balaban J connectivity index is 0.000000512. The third-order valence-corrected chi connectivity index (χ3v) is 4.51. The minimum absolute atomic E-state index is 0.00315. The predicted molar refractivity (Wildman–Crippen MR) is 106 cm³/mol. The number of hydrogen-bond acceptors (Lipinski definition) is 6. The number of imide groups is 1. The molecule has 1 aliphatic heterocycles. The second-order valence-electron chi connectivity index (χ2n) is 7.06. The molecule has 170 valence electrons. The summed E-state index contributed by atoms with van der Waals surface area (Å²) in [5, 5.41) is 18.4. The summed E-state index contributed by atoms with van der Waals surface area (Å²) in [6, 6.07) is 4.64. The van der Waals surface area contributed by atoms with Crippen molar-refractivity contribution in [3.8, 4) is 0 Å². The van der Waals surface area contributed by atoms with Crippen molar-refractivity contribution in [2.24, 2.45) is 0 Å². The number of benzene rings is 1. The second-order valence-corrected chi connectivity index (χ2v) is 7.06. The highest BCUT2D eigenvalue weighted by molar-refractivity contribution is 6.08. The van der Waals surface area contributed by atoms with Crippen LogP contribution in [0.5, 0.6) is 0 Å². The Kier molecular flexibility index (Phi) is 9.74. The number of likely N-dealkylation sites (tertiary alicyclic amines) is 1. The van der Waals surface area contributed by atoms with Crippen molar-refractivity contribution in [2.75, 3.05) is 14.1 Å². The zero-order valence-electron chi connectivity index (χ0n) is 17.5. The third kappa shape index (κ3) is 7.78. The molecular weight excluding hydrogens is 413 g/mol. The molecule has 1 aromatic carbocycles. The summed E-state index contributed by atoms with van der Waals surface area (Å²) in [5.74, 6) is -3.81. The fraction of sp³-hybridized carbons (Fsp3) is 0.450.